The van der Waals surface area contributed by atoms with Crippen molar-refractivity contribution in [1.82, 2.24) is 5.32 Å². The van der Waals surface area contributed by atoms with Crippen LogP contribution in [0, 0.1) is 5.82 Å². The van der Waals surface area contributed by atoms with Crippen molar-refractivity contribution in [3.8, 4) is 0 Å². The van der Waals surface area contributed by atoms with Gasteiger partial charge in [-0.15, -0.1) is 11.3 Å². The van der Waals surface area contributed by atoms with E-state index in [-0.39, 0.29) is 23.1 Å². The summed E-state index contributed by atoms with van der Waals surface area (Å²) in [7, 11) is 0. The van der Waals surface area contributed by atoms with Gasteiger partial charge in [0.25, 0.3) is 0 Å². The van der Waals surface area contributed by atoms with Gasteiger partial charge in [-0.3, -0.25) is 4.79 Å². The van der Waals surface area contributed by atoms with Gasteiger partial charge in [-0.05, 0) is 43.7 Å². The minimum Gasteiger partial charge on any atom is -0.477 e. The molecule has 0 fully saturated rings. The molecular weight excluding hydrogens is 305 g/mol. The summed E-state index contributed by atoms with van der Waals surface area (Å²) < 4.78 is 13.3. The average Bonchev–Trinajstić information content (AvgIpc) is 2.93. The van der Waals surface area contributed by atoms with E-state index < -0.39 is 11.4 Å². The van der Waals surface area contributed by atoms with Gasteiger partial charge >= 0.3 is 5.97 Å². The minimum atomic E-state index is -0.984. The third-order valence-electron chi connectivity index (χ3n) is 3.41. The summed E-state index contributed by atoms with van der Waals surface area (Å²) in [6.07, 6.45) is 0. The molecule has 2 rings (SSSR count). The molecule has 0 bridgehead atoms. The van der Waals surface area contributed by atoms with Crippen LogP contribution in [0.2, 0.25) is 0 Å². The maximum Gasteiger partial charge on any atom is 0.345 e. The smallest absolute Gasteiger partial charge is 0.345 e. The fourth-order valence-electron chi connectivity index (χ4n) is 1.98. The van der Waals surface area contributed by atoms with E-state index in [0.29, 0.717) is 5.56 Å². The molecule has 0 unspecified atom stereocenters. The van der Waals surface area contributed by atoms with Crippen molar-refractivity contribution in [3.63, 3.8) is 0 Å². The van der Waals surface area contributed by atoms with Crippen molar-refractivity contribution in [2.45, 2.75) is 25.8 Å². The number of hydrogen-bond donors (Lipinski definition) is 2. The van der Waals surface area contributed by atoms with Gasteiger partial charge in [-0.2, -0.15) is 0 Å². The van der Waals surface area contributed by atoms with E-state index in [1.54, 1.807) is 32.0 Å². The quantitative estimate of drug-likeness (QED) is 0.889. The van der Waals surface area contributed by atoms with Crippen molar-refractivity contribution in [3.05, 3.63) is 57.5 Å². The summed E-state index contributed by atoms with van der Waals surface area (Å²) in [6.45, 7) is 3.68. The number of carboxylic acid groups (broad SMARTS) is 1. The predicted molar refractivity (Wildman–Crippen MR) is 82.6 cm³/mol. The second kappa shape index (κ2) is 6.27. The van der Waals surface area contributed by atoms with Crippen LogP contribution in [0.25, 0.3) is 0 Å². The van der Waals surface area contributed by atoms with E-state index in [9.17, 15) is 14.0 Å². The normalized spacial score (nSPS) is 11.2. The summed E-state index contributed by atoms with van der Waals surface area (Å²) in [5, 5.41) is 11.6. The van der Waals surface area contributed by atoms with Crippen LogP contribution in [0.5, 0.6) is 0 Å². The monoisotopic (exact) mass is 321 g/mol. The highest BCUT2D eigenvalue weighted by Gasteiger charge is 2.29. The molecule has 0 saturated carbocycles. The molecule has 6 heteroatoms. The topological polar surface area (TPSA) is 66.4 Å². The van der Waals surface area contributed by atoms with E-state index in [2.05, 4.69) is 5.32 Å². The molecule has 0 aliphatic heterocycles. The van der Waals surface area contributed by atoms with E-state index in [4.69, 9.17) is 5.11 Å². The molecule has 2 aromatic rings. The van der Waals surface area contributed by atoms with Crippen LogP contribution in [-0.2, 0) is 16.8 Å². The molecule has 22 heavy (non-hydrogen) atoms. The first-order valence-electron chi connectivity index (χ1n) is 6.67. The number of hydrogen-bond acceptors (Lipinski definition) is 3. The number of amides is 1. The van der Waals surface area contributed by atoms with Crippen molar-refractivity contribution in [1.29, 1.82) is 0 Å². The summed E-state index contributed by atoms with van der Waals surface area (Å²) in [6, 6.07) is 9.12. The predicted octanol–water partition coefficient (Wildman–Crippen LogP) is 3.18. The molecule has 0 atom stereocenters. The Kier molecular flexibility index (Phi) is 4.61. The standard InChI is InChI=1S/C16H16FNO3S/c1-16(2,10-4-3-5-11(17)8-10)15(21)18-9-12-6-7-13(22-12)14(19)20/h3-8H,9H2,1-2H3,(H,18,21)(H,19,20). The van der Waals surface area contributed by atoms with Crippen molar-refractivity contribution in [2.24, 2.45) is 0 Å². The van der Waals surface area contributed by atoms with Crippen LogP contribution in [0.3, 0.4) is 0 Å². The SMILES string of the molecule is CC(C)(C(=O)NCc1ccc(C(=O)O)s1)c1cccc(F)c1. The number of halogens is 1. The van der Waals surface area contributed by atoms with E-state index in [1.807, 2.05) is 0 Å². The van der Waals surface area contributed by atoms with Crippen LogP contribution in [0.15, 0.2) is 36.4 Å². The number of thiophene rings is 1. The lowest BCUT2D eigenvalue weighted by Gasteiger charge is -2.24. The zero-order valence-corrected chi connectivity index (χ0v) is 13.0. The molecule has 116 valence electrons. The van der Waals surface area contributed by atoms with Crippen LogP contribution in [-0.4, -0.2) is 17.0 Å². The van der Waals surface area contributed by atoms with Gasteiger partial charge in [0.1, 0.15) is 10.7 Å². The highest BCUT2D eigenvalue weighted by atomic mass is 32.1. The number of benzene rings is 1. The molecule has 1 aromatic carbocycles. The molecule has 0 aliphatic rings. The van der Waals surface area contributed by atoms with Gasteiger partial charge in [0, 0.05) is 4.88 Å². The Balaban J connectivity index is 2.05. The number of aromatic carboxylic acids is 1. The van der Waals surface area contributed by atoms with Gasteiger partial charge in [0.15, 0.2) is 0 Å². The maximum atomic E-state index is 13.3. The fourth-order valence-corrected chi connectivity index (χ4v) is 2.77. The first-order valence-corrected chi connectivity index (χ1v) is 7.48. The van der Waals surface area contributed by atoms with Gasteiger partial charge in [0.05, 0.1) is 12.0 Å². The Morgan fingerprint density at radius 2 is 2.00 bits per heavy atom. The van der Waals surface area contributed by atoms with Crippen LogP contribution in [0.1, 0.15) is 34.0 Å². The lowest BCUT2D eigenvalue weighted by molar-refractivity contribution is -0.125. The molecule has 0 saturated heterocycles. The number of rotatable bonds is 5. The molecular formula is C16H16FNO3S. The first kappa shape index (κ1) is 16.2. The second-order valence-electron chi connectivity index (χ2n) is 5.39. The van der Waals surface area contributed by atoms with Gasteiger partial charge in [0.2, 0.25) is 5.91 Å². The first-order chi connectivity index (χ1) is 10.3. The number of carbonyl (C=O) groups is 2. The number of nitrogens with one attached hydrogen (secondary N) is 1. The Morgan fingerprint density at radius 3 is 2.59 bits per heavy atom. The zero-order valence-electron chi connectivity index (χ0n) is 12.2. The Hall–Kier alpha value is -2.21. The molecule has 0 aliphatic carbocycles. The van der Waals surface area contributed by atoms with Gasteiger partial charge in [-0.1, -0.05) is 12.1 Å². The Morgan fingerprint density at radius 1 is 1.27 bits per heavy atom. The summed E-state index contributed by atoms with van der Waals surface area (Å²) in [4.78, 5) is 24.1. The number of carboxylic acids is 1. The van der Waals surface area contributed by atoms with Crippen LogP contribution < -0.4 is 5.32 Å². The van der Waals surface area contributed by atoms with Gasteiger partial charge < -0.3 is 10.4 Å². The summed E-state index contributed by atoms with van der Waals surface area (Å²) in [5.41, 5.74) is -0.294. The van der Waals surface area contributed by atoms with Crippen molar-refractivity contribution < 1.29 is 19.1 Å². The van der Waals surface area contributed by atoms with E-state index in [1.165, 1.54) is 18.2 Å². The van der Waals surface area contributed by atoms with Crippen molar-refractivity contribution >= 4 is 23.2 Å². The highest BCUT2D eigenvalue weighted by Crippen LogP contribution is 2.24. The van der Waals surface area contributed by atoms with Crippen LogP contribution >= 0.6 is 11.3 Å². The molecule has 1 heterocycles. The lowest BCUT2D eigenvalue weighted by atomic mass is 9.83. The third kappa shape index (κ3) is 3.51. The third-order valence-corrected chi connectivity index (χ3v) is 4.48. The Bertz CT molecular complexity index is 709. The average molecular weight is 321 g/mol. The molecule has 1 amide bonds. The van der Waals surface area contributed by atoms with Gasteiger partial charge in [-0.25, -0.2) is 9.18 Å². The fraction of sp³-hybridized carbons (Fsp3) is 0.250. The second-order valence-corrected chi connectivity index (χ2v) is 6.56. The summed E-state index contributed by atoms with van der Waals surface area (Å²) in [5.74, 6) is -1.62. The molecule has 0 radical (unpaired) electrons. The maximum absolute atomic E-state index is 13.3. The highest BCUT2D eigenvalue weighted by molar-refractivity contribution is 7.13. The zero-order chi connectivity index (χ0) is 16.3. The number of carbonyl (C=O) groups excluding carboxylic acids is 1. The minimum absolute atomic E-state index is 0.230. The summed E-state index contributed by atoms with van der Waals surface area (Å²) >= 11 is 1.12. The lowest BCUT2D eigenvalue weighted by Crippen LogP contribution is -2.39. The van der Waals surface area contributed by atoms with E-state index >= 15 is 0 Å². The largest absolute Gasteiger partial charge is 0.477 e. The molecule has 2 N–H and O–H groups in total. The Labute approximate surface area is 131 Å². The molecule has 1 aromatic heterocycles. The van der Waals surface area contributed by atoms with Crippen molar-refractivity contribution in [2.75, 3.05) is 0 Å². The molecule has 4 nitrogen and oxygen atoms in total. The van der Waals surface area contributed by atoms with E-state index in [0.717, 1.165) is 16.2 Å². The molecule has 0 spiro atoms. The van der Waals surface area contributed by atoms with Crippen LogP contribution in [0.4, 0.5) is 4.39 Å².